The summed E-state index contributed by atoms with van der Waals surface area (Å²) in [5.41, 5.74) is 1.14. The third-order valence-electron chi connectivity index (χ3n) is 4.41. The number of piperidine rings is 1. The molecule has 1 heterocycles. The summed E-state index contributed by atoms with van der Waals surface area (Å²) in [6.07, 6.45) is 2.36. The van der Waals surface area contributed by atoms with Crippen LogP contribution in [0.15, 0.2) is 30.3 Å². The number of carbonyl (C=O) groups is 1. The lowest BCUT2D eigenvalue weighted by molar-refractivity contribution is 0.137. The molecule has 1 aliphatic rings. The summed E-state index contributed by atoms with van der Waals surface area (Å²) in [6.45, 7) is 2.25. The van der Waals surface area contributed by atoms with Crippen LogP contribution in [0.4, 0.5) is 4.79 Å². The standard InChI is InChI=1S/C17H26N2O3/c20-11-8-16(15-4-2-1-3-5-15)12-18-17(22)19-9-6-14(13-21)7-10-19/h1-5,14,16,20-21H,6-13H2,(H,18,22). The van der Waals surface area contributed by atoms with Gasteiger partial charge in [-0.05, 0) is 30.7 Å². The molecule has 1 fully saturated rings. The molecule has 2 amide bonds. The van der Waals surface area contributed by atoms with Crippen molar-refractivity contribution < 1.29 is 15.0 Å². The smallest absolute Gasteiger partial charge is 0.317 e. The molecule has 22 heavy (non-hydrogen) atoms. The van der Waals surface area contributed by atoms with Crippen molar-refractivity contribution >= 4 is 6.03 Å². The Morgan fingerprint density at radius 2 is 1.91 bits per heavy atom. The monoisotopic (exact) mass is 306 g/mol. The van der Waals surface area contributed by atoms with E-state index < -0.39 is 0 Å². The van der Waals surface area contributed by atoms with Crippen molar-refractivity contribution in [2.75, 3.05) is 32.8 Å². The van der Waals surface area contributed by atoms with Gasteiger partial charge in [-0.2, -0.15) is 0 Å². The molecule has 1 aromatic rings. The zero-order valence-electron chi connectivity index (χ0n) is 12.9. The maximum Gasteiger partial charge on any atom is 0.317 e. The van der Waals surface area contributed by atoms with Crippen LogP contribution in [0.1, 0.15) is 30.7 Å². The van der Waals surface area contributed by atoms with Crippen LogP contribution in [0, 0.1) is 5.92 Å². The molecular weight excluding hydrogens is 280 g/mol. The van der Waals surface area contributed by atoms with Gasteiger partial charge in [0.05, 0.1) is 0 Å². The molecule has 0 aromatic heterocycles. The SMILES string of the molecule is O=C(NCC(CCO)c1ccccc1)N1CCC(CO)CC1. The minimum atomic E-state index is -0.0461. The van der Waals surface area contributed by atoms with Crippen LogP contribution in [-0.4, -0.2) is 54.0 Å². The van der Waals surface area contributed by atoms with Crippen LogP contribution in [0.2, 0.25) is 0 Å². The quantitative estimate of drug-likeness (QED) is 0.747. The Morgan fingerprint density at radius 1 is 1.23 bits per heavy atom. The number of likely N-dealkylation sites (tertiary alicyclic amines) is 1. The number of nitrogens with zero attached hydrogens (tertiary/aromatic N) is 1. The van der Waals surface area contributed by atoms with Gasteiger partial charge in [0.1, 0.15) is 0 Å². The van der Waals surface area contributed by atoms with Gasteiger partial charge < -0.3 is 20.4 Å². The number of aliphatic hydroxyl groups is 2. The summed E-state index contributed by atoms with van der Waals surface area (Å²) >= 11 is 0. The van der Waals surface area contributed by atoms with Gasteiger partial charge in [-0.15, -0.1) is 0 Å². The summed E-state index contributed by atoms with van der Waals surface area (Å²) in [7, 11) is 0. The molecule has 0 aliphatic carbocycles. The number of hydrogen-bond acceptors (Lipinski definition) is 3. The molecule has 1 aliphatic heterocycles. The van der Waals surface area contributed by atoms with Crippen molar-refractivity contribution in [1.82, 2.24) is 10.2 Å². The van der Waals surface area contributed by atoms with Crippen molar-refractivity contribution in [2.45, 2.75) is 25.2 Å². The molecule has 0 spiro atoms. The highest BCUT2D eigenvalue weighted by atomic mass is 16.3. The minimum absolute atomic E-state index is 0.0461. The van der Waals surface area contributed by atoms with Gasteiger partial charge in [0.15, 0.2) is 0 Å². The molecular formula is C17H26N2O3. The summed E-state index contributed by atoms with van der Waals surface area (Å²) in [5.74, 6) is 0.459. The first-order valence-electron chi connectivity index (χ1n) is 8.04. The first-order valence-corrected chi connectivity index (χ1v) is 8.04. The number of aliphatic hydroxyl groups excluding tert-OH is 2. The lowest BCUT2D eigenvalue weighted by atomic mass is 9.96. The number of urea groups is 1. The average molecular weight is 306 g/mol. The van der Waals surface area contributed by atoms with Gasteiger partial charge in [0.25, 0.3) is 0 Å². The molecule has 2 rings (SSSR count). The average Bonchev–Trinajstić information content (AvgIpc) is 2.59. The second-order valence-electron chi connectivity index (χ2n) is 5.92. The molecule has 0 radical (unpaired) electrons. The highest BCUT2D eigenvalue weighted by Crippen LogP contribution is 2.19. The number of nitrogens with one attached hydrogen (secondary N) is 1. The molecule has 1 aromatic carbocycles. The second-order valence-corrected chi connectivity index (χ2v) is 5.92. The number of benzene rings is 1. The highest BCUT2D eigenvalue weighted by molar-refractivity contribution is 5.74. The molecule has 5 heteroatoms. The van der Waals surface area contributed by atoms with E-state index in [0.717, 1.165) is 18.4 Å². The molecule has 1 atom stereocenters. The first kappa shape index (κ1) is 16.8. The van der Waals surface area contributed by atoms with Gasteiger partial charge in [-0.25, -0.2) is 4.79 Å². The molecule has 3 N–H and O–H groups in total. The predicted octanol–water partition coefficient (Wildman–Crippen LogP) is 1.57. The molecule has 1 saturated heterocycles. The van der Waals surface area contributed by atoms with Crippen molar-refractivity contribution in [3.05, 3.63) is 35.9 Å². The van der Waals surface area contributed by atoms with Crippen LogP contribution in [0.3, 0.4) is 0 Å². The Morgan fingerprint density at radius 3 is 2.50 bits per heavy atom. The van der Waals surface area contributed by atoms with E-state index in [1.165, 1.54) is 0 Å². The fraction of sp³-hybridized carbons (Fsp3) is 0.588. The van der Waals surface area contributed by atoms with Gasteiger partial charge in [0, 0.05) is 38.8 Å². The third kappa shape index (κ3) is 4.71. The number of hydrogen-bond donors (Lipinski definition) is 3. The number of carbonyl (C=O) groups excluding carboxylic acids is 1. The van der Waals surface area contributed by atoms with E-state index in [2.05, 4.69) is 5.32 Å². The predicted molar refractivity (Wildman–Crippen MR) is 85.7 cm³/mol. The summed E-state index contributed by atoms with van der Waals surface area (Å²) < 4.78 is 0. The Kier molecular flexibility index (Phi) is 6.68. The van der Waals surface area contributed by atoms with E-state index in [1.807, 2.05) is 35.2 Å². The van der Waals surface area contributed by atoms with Crippen LogP contribution in [0.25, 0.3) is 0 Å². The fourth-order valence-electron chi connectivity index (χ4n) is 2.91. The van der Waals surface area contributed by atoms with Crippen LogP contribution in [0.5, 0.6) is 0 Å². The van der Waals surface area contributed by atoms with E-state index in [-0.39, 0.29) is 25.2 Å². The zero-order valence-corrected chi connectivity index (χ0v) is 12.9. The molecule has 0 bridgehead atoms. The zero-order chi connectivity index (χ0) is 15.8. The van der Waals surface area contributed by atoms with E-state index >= 15 is 0 Å². The van der Waals surface area contributed by atoms with Crippen LogP contribution >= 0.6 is 0 Å². The van der Waals surface area contributed by atoms with Crippen LogP contribution in [-0.2, 0) is 0 Å². The number of amides is 2. The normalized spacial score (nSPS) is 17.3. The van der Waals surface area contributed by atoms with E-state index in [0.29, 0.717) is 32.0 Å². The molecule has 1 unspecified atom stereocenters. The Hall–Kier alpha value is -1.59. The summed E-state index contributed by atoms with van der Waals surface area (Å²) in [4.78, 5) is 14.0. The van der Waals surface area contributed by atoms with Crippen molar-refractivity contribution in [3.63, 3.8) is 0 Å². The summed E-state index contributed by atoms with van der Waals surface area (Å²) in [5, 5.41) is 21.3. The van der Waals surface area contributed by atoms with Crippen molar-refractivity contribution in [3.8, 4) is 0 Å². The Balaban J connectivity index is 1.83. The van der Waals surface area contributed by atoms with Gasteiger partial charge in [-0.1, -0.05) is 30.3 Å². The summed E-state index contributed by atoms with van der Waals surface area (Å²) in [6, 6.07) is 9.92. The van der Waals surface area contributed by atoms with E-state index in [1.54, 1.807) is 0 Å². The Bertz CT molecular complexity index is 444. The van der Waals surface area contributed by atoms with Gasteiger partial charge in [-0.3, -0.25) is 0 Å². The van der Waals surface area contributed by atoms with E-state index in [9.17, 15) is 9.90 Å². The van der Waals surface area contributed by atoms with Crippen molar-refractivity contribution in [1.29, 1.82) is 0 Å². The minimum Gasteiger partial charge on any atom is -0.396 e. The lowest BCUT2D eigenvalue weighted by Gasteiger charge is -2.31. The molecule has 0 saturated carbocycles. The first-order chi connectivity index (χ1) is 10.7. The van der Waals surface area contributed by atoms with Gasteiger partial charge >= 0.3 is 6.03 Å². The number of rotatable bonds is 6. The topological polar surface area (TPSA) is 72.8 Å². The third-order valence-corrected chi connectivity index (χ3v) is 4.41. The maximum atomic E-state index is 12.2. The van der Waals surface area contributed by atoms with Gasteiger partial charge in [0.2, 0.25) is 0 Å². The second kappa shape index (κ2) is 8.76. The molecule has 122 valence electrons. The van der Waals surface area contributed by atoms with E-state index in [4.69, 9.17) is 5.11 Å². The maximum absolute atomic E-state index is 12.2. The van der Waals surface area contributed by atoms with Crippen LogP contribution < -0.4 is 5.32 Å². The van der Waals surface area contributed by atoms with Crippen molar-refractivity contribution in [2.24, 2.45) is 5.92 Å². The highest BCUT2D eigenvalue weighted by Gasteiger charge is 2.22. The molecule has 5 nitrogen and oxygen atoms in total. The lowest BCUT2D eigenvalue weighted by Crippen LogP contribution is -2.45. The fourth-order valence-corrected chi connectivity index (χ4v) is 2.91. The Labute approximate surface area is 131 Å². The largest absolute Gasteiger partial charge is 0.396 e.